The second-order valence-electron chi connectivity index (χ2n) is 16.9. The molecule has 0 bridgehead atoms. The molecule has 9 aromatic rings. The fraction of sp³-hybridized carbons (Fsp3) is 0.111. The maximum Gasteiger partial charge on any atom is 0.117 e. The summed E-state index contributed by atoms with van der Waals surface area (Å²) in [7, 11) is 0.333. The monoisotopic (exact) mass is 733 g/mol. The molecular weight excluding hydrogens is 691 g/mol. The van der Waals surface area contributed by atoms with Crippen molar-refractivity contribution < 1.29 is 0 Å². The van der Waals surface area contributed by atoms with Crippen molar-refractivity contribution in [3.8, 4) is 44.5 Å². The van der Waals surface area contributed by atoms with Crippen LogP contribution >= 0.6 is 0 Å². The summed E-state index contributed by atoms with van der Waals surface area (Å²) in [6.07, 6.45) is 0. The zero-order chi connectivity index (χ0) is 37.9. The largest absolute Gasteiger partial charge is 0.345 e. The molecule has 0 radical (unpaired) electrons. The highest BCUT2D eigenvalue weighted by Crippen LogP contribution is 2.52. The van der Waals surface area contributed by atoms with Crippen LogP contribution in [0.2, 0.25) is 13.1 Å². The van der Waals surface area contributed by atoms with Crippen LogP contribution < -0.4 is 15.3 Å². The van der Waals surface area contributed by atoms with Crippen LogP contribution in [0.4, 0.5) is 11.4 Å². The molecule has 56 heavy (non-hydrogen) atoms. The zero-order valence-electron chi connectivity index (χ0n) is 32.6. The van der Waals surface area contributed by atoms with E-state index in [0.29, 0.717) is 0 Å². The number of anilines is 2. The third-order valence-corrected chi connectivity index (χ3v) is 16.8. The van der Waals surface area contributed by atoms with Crippen molar-refractivity contribution in [1.29, 1.82) is 0 Å². The summed E-state index contributed by atoms with van der Waals surface area (Å²) in [6.45, 7) is 9.77. The number of hydrogen-bond acceptors (Lipinski definition) is 1. The van der Waals surface area contributed by atoms with E-state index in [1.807, 2.05) is 0 Å². The van der Waals surface area contributed by atoms with Gasteiger partial charge in [0.25, 0.3) is 0 Å². The molecule has 2 aliphatic rings. The Kier molecular flexibility index (Phi) is 7.04. The van der Waals surface area contributed by atoms with Crippen molar-refractivity contribution >= 4 is 62.1 Å². The Morgan fingerprint density at radius 2 is 0.982 bits per heavy atom. The minimum atomic E-state index is -1.91. The maximum absolute atomic E-state index is 2.50. The molecule has 11 rings (SSSR count). The lowest BCUT2D eigenvalue weighted by atomic mass is 9.80. The summed E-state index contributed by atoms with van der Waals surface area (Å²) in [5.74, 6) is 0. The van der Waals surface area contributed by atoms with Crippen LogP contribution in [-0.2, 0) is 5.41 Å². The van der Waals surface area contributed by atoms with Crippen LogP contribution in [0, 0.1) is 0 Å². The second-order valence-corrected chi connectivity index (χ2v) is 21.3. The Hall–Kier alpha value is -6.22. The normalized spacial score (nSPS) is 14.8. The first-order valence-corrected chi connectivity index (χ1v) is 22.9. The van der Waals surface area contributed by atoms with Crippen molar-refractivity contribution in [3.63, 3.8) is 0 Å². The van der Waals surface area contributed by atoms with Crippen molar-refractivity contribution in [2.24, 2.45) is 0 Å². The van der Waals surface area contributed by atoms with E-state index in [9.17, 15) is 0 Å². The summed E-state index contributed by atoms with van der Waals surface area (Å²) in [5, 5.41) is 10.7. The Morgan fingerprint density at radius 3 is 1.82 bits per heavy atom. The SMILES string of the molecule is CN1c2ccccc2[Si](C)(C)c2ccc(-c3c4ccccc4c(-c4ccc5c(c4)C(C)(C)c4ccccc4-5)c4cc(-c5cccc6ccccc56)ccc34)cc21. The molecule has 1 nitrogen and oxygen atoms in total. The smallest absolute Gasteiger partial charge is 0.117 e. The Morgan fingerprint density at radius 1 is 0.411 bits per heavy atom. The molecule has 1 heterocycles. The van der Waals surface area contributed by atoms with E-state index in [4.69, 9.17) is 0 Å². The van der Waals surface area contributed by atoms with Gasteiger partial charge in [-0.05, 0) is 123 Å². The lowest BCUT2D eigenvalue weighted by Crippen LogP contribution is -2.58. The number of para-hydroxylation sites is 1. The number of nitrogens with zero attached hydrogens (tertiary/aromatic N) is 1. The lowest BCUT2D eigenvalue weighted by Gasteiger charge is -2.39. The molecule has 0 N–H and O–H groups in total. The van der Waals surface area contributed by atoms with E-state index in [0.717, 1.165) is 0 Å². The molecule has 0 unspecified atom stereocenters. The topological polar surface area (TPSA) is 3.24 Å². The van der Waals surface area contributed by atoms with Gasteiger partial charge in [-0.2, -0.15) is 0 Å². The third-order valence-electron chi connectivity index (χ3n) is 13.3. The average molecular weight is 734 g/mol. The van der Waals surface area contributed by atoms with Crippen LogP contribution in [0.3, 0.4) is 0 Å². The van der Waals surface area contributed by atoms with Crippen molar-refractivity contribution in [2.45, 2.75) is 32.4 Å². The highest BCUT2D eigenvalue weighted by Gasteiger charge is 2.38. The average Bonchev–Trinajstić information content (AvgIpc) is 3.46. The quantitative estimate of drug-likeness (QED) is 0.129. The fourth-order valence-corrected chi connectivity index (χ4v) is 13.4. The molecule has 0 spiro atoms. The first-order valence-electron chi connectivity index (χ1n) is 19.9. The van der Waals surface area contributed by atoms with Crippen LogP contribution in [0.1, 0.15) is 25.0 Å². The number of fused-ring (bicyclic) bond motifs is 8. The maximum atomic E-state index is 2.50. The Balaban J connectivity index is 1.21. The van der Waals surface area contributed by atoms with Gasteiger partial charge in [-0.1, -0.05) is 173 Å². The molecular formula is C54H43NSi. The Bertz CT molecular complexity index is 3110. The van der Waals surface area contributed by atoms with Crippen molar-refractivity contribution in [3.05, 3.63) is 181 Å². The summed E-state index contributed by atoms with van der Waals surface area (Å²) in [4.78, 5) is 2.42. The number of hydrogen-bond donors (Lipinski definition) is 0. The Labute approximate surface area is 330 Å². The molecule has 0 fully saturated rings. The summed E-state index contributed by atoms with van der Waals surface area (Å²) in [6, 6.07) is 64.4. The molecule has 0 saturated heterocycles. The van der Waals surface area contributed by atoms with Gasteiger partial charge in [-0.3, -0.25) is 0 Å². The van der Waals surface area contributed by atoms with Gasteiger partial charge < -0.3 is 4.90 Å². The van der Waals surface area contributed by atoms with Gasteiger partial charge in [0, 0.05) is 23.8 Å². The van der Waals surface area contributed by atoms with Crippen LogP contribution in [0.5, 0.6) is 0 Å². The van der Waals surface area contributed by atoms with Gasteiger partial charge in [0.15, 0.2) is 0 Å². The van der Waals surface area contributed by atoms with E-state index < -0.39 is 8.07 Å². The summed E-state index contributed by atoms with van der Waals surface area (Å²) >= 11 is 0. The van der Waals surface area contributed by atoms with E-state index in [-0.39, 0.29) is 5.41 Å². The lowest BCUT2D eigenvalue weighted by molar-refractivity contribution is 0.660. The molecule has 0 aromatic heterocycles. The van der Waals surface area contributed by atoms with Gasteiger partial charge >= 0.3 is 0 Å². The minimum Gasteiger partial charge on any atom is -0.345 e. The predicted octanol–water partition coefficient (Wildman–Crippen LogP) is 13.4. The molecule has 0 amide bonds. The van der Waals surface area contributed by atoms with Gasteiger partial charge in [0.1, 0.15) is 8.07 Å². The van der Waals surface area contributed by atoms with Gasteiger partial charge in [-0.15, -0.1) is 0 Å². The van der Waals surface area contributed by atoms with E-state index >= 15 is 0 Å². The van der Waals surface area contributed by atoms with Crippen molar-refractivity contribution in [1.82, 2.24) is 0 Å². The van der Waals surface area contributed by atoms with Gasteiger partial charge in [-0.25, -0.2) is 0 Å². The van der Waals surface area contributed by atoms with E-state index in [2.05, 4.69) is 209 Å². The van der Waals surface area contributed by atoms with Gasteiger partial charge in [0.2, 0.25) is 0 Å². The minimum absolute atomic E-state index is 0.0908. The van der Waals surface area contributed by atoms with Gasteiger partial charge in [0.05, 0.1) is 0 Å². The fourth-order valence-electron chi connectivity index (χ4n) is 10.4. The number of benzene rings is 9. The molecule has 1 aliphatic carbocycles. The zero-order valence-corrected chi connectivity index (χ0v) is 33.6. The molecule has 0 saturated carbocycles. The molecule has 268 valence electrons. The highest BCUT2D eigenvalue weighted by molar-refractivity contribution is 7.02. The van der Waals surface area contributed by atoms with Crippen molar-refractivity contribution in [2.75, 3.05) is 11.9 Å². The van der Waals surface area contributed by atoms with E-state index in [1.165, 1.54) is 110 Å². The van der Waals surface area contributed by atoms with Crippen LogP contribution in [0.15, 0.2) is 170 Å². The third kappa shape index (κ3) is 4.60. The standard InChI is InChI=1S/C54H43NSi/c1-54(2)46-22-11-10-18-40(46)41-28-26-36(32-47(41)54)53-43-20-9-8-19-42(43)52(37-27-30-51-49(33-37)55(3)48-23-12-13-24-50(48)56(51,4)5)44-29-25-35(31-45(44)53)39-21-14-16-34-15-6-7-17-38(34)39/h6-33H,1-5H3. The summed E-state index contributed by atoms with van der Waals surface area (Å²) < 4.78 is 0. The van der Waals surface area contributed by atoms with Crippen LogP contribution in [0.25, 0.3) is 76.8 Å². The number of rotatable bonds is 3. The molecule has 0 atom stereocenters. The van der Waals surface area contributed by atoms with Crippen LogP contribution in [-0.4, -0.2) is 15.1 Å². The molecule has 2 heteroatoms. The predicted molar refractivity (Wildman–Crippen MR) is 244 cm³/mol. The molecule has 9 aromatic carbocycles. The first kappa shape index (κ1) is 33.1. The highest BCUT2D eigenvalue weighted by atomic mass is 28.3. The molecule has 1 aliphatic heterocycles. The second kappa shape index (κ2) is 11.9. The van der Waals surface area contributed by atoms with E-state index in [1.54, 1.807) is 0 Å². The summed E-state index contributed by atoms with van der Waals surface area (Å²) in [5.41, 5.74) is 15.7. The first-order chi connectivity index (χ1) is 27.2.